The molecule has 0 aliphatic carbocycles. The molecule has 2 rings (SSSR count). The highest BCUT2D eigenvalue weighted by Gasteiger charge is 2.07. The molecule has 0 unspecified atom stereocenters. The first-order valence-electron chi connectivity index (χ1n) is 8.33. The molecule has 0 spiro atoms. The van der Waals surface area contributed by atoms with Gasteiger partial charge in [-0.25, -0.2) is 0 Å². The van der Waals surface area contributed by atoms with Crippen LogP contribution in [0.1, 0.15) is 23.1 Å². The largest absolute Gasteiger partial charge is 0.493 e. The Hall–Kier alpha value is -2.69. The van der Waals surface area contributed by atoms with Crippen molar-refractivity contribution in [2.75, 3.05) is 26.1 Å². The predicted octanol–water partition coefficient (Wildman–Crippen LogP) is 3.44. The van der Waals surface area contributed by atoms with Gasteiger partial charge in [-0.1, -0.05) is 18.2 Å². The van der Waals surface area contributed by atoms with Crippen LogP contribution >= 0.6 is 0 Å². The Labute approximate surface area is 149 Å². The lowest BCUT2D eigenvalue weighted by atomic mass is 10.1. The van der Waals surface area contributed by atoms with E-state index in [0.29, 0.717) is 31.0 Å². The van der Waals surface area contributed by atoms with Crippen LogP contribution in [-0.2, 0) is 11.3 Å². The number of benzene rings is 2. The second-order valence-corrected chi connectivity index (χ2v) is 5.89. The number of amides is 1. The van der Waals surface area contributed by atoms with E-state index in [1.807, 2.05) is 30.3 Å². The normalized spacial score (nSPS) is 10.2. The Morgan fingerprint density at radius 1 is 1.04 bits per heavy atom. The van der Waals surface area contributed by atoms with Crippen LogP contribution in [0.3, 0.4) is 0 Å². The third kappa shape index (κ3) is 5.14. The van der Waals surface area contributed by atoms with E-state index in [4.69, 9.17) is 9.47 Å². The number of anilines is 1. The number of hydrogen-bond acceptors (Lipinski definition) is 4. The zero-order valence-electron chi connectivity index (χ0n) is 15.3. The van der Waals surface area contributed by atoms with Gasteiger partial charge in [0.1, 0.15) is 0 Å². The summed E-state index contributed by atoms with van der Waals surface area (Å²) in [5, 5.41) is 6.24. The van der Waals surface area contributed by atoms with E-state index in [1.54, 1.807) is 14.2 Å². The number of nitrogens with one attached hydrogen (secondary N) is 2. The van der Waals surface area contributed by atoms with Gasteiger partial charge in [-0.3, -0.25) is 4.79 Å². The molecule has 0 heterocycles. The van der Waals surface area contributed by atoms with Gasteiger partial charge in [0.2, 0.25) is 5.91 Å². The zero-order chi connectivity index (χ0) is 18.2. The third-order valence-electron chi connectivity index (χ3n) is 4.21. The molecule has 2 N–H and O–H groups in total. The van der Waals surface area contributed by atoms with Crippen LogP contribution in [0.25, 0.3) is 0 Å². The van der Waals surface area contributed by atoms with Crippen molar-refractivity contribution in [1.29, 1.82) is 0 Å². The summed E-state index contributed by atoms with van der Waals surface area (Å²) in [6, 6.07) is 11.7. The minimum absolute atomic E-state index is 0.00703. The molecule has 0 aliphatic heterocycles. The molecule has 5 nitrogen and oxygen atoms in total. The number of aryl methyl sites for hydroxylation is 1. The lowest BCUT2D eigenvalue weighted by Gasteiger charge is -2.12. The fourth-order valence-electron chi connectivity index (χ4n) is 2.53. The summed E-state index contributed by atoms with van der Waals surface area (Å²) in [6.45, 7) is 5.22. The lowest BCUT2D eigenvalue weighted by Crippen LogP contribution is -2.25. The average Bonchev–Trinajstić information content (AvgIpc) is 2.63. The van der Waals surface area contributed by atoms with Gasteiger partial charge >= 0.3 is 0 Å². The van der Waals surface area contributed by atoms with E-state index >= 15 is 0 Å². The molecule has 5 heteroatoms. The molecule has 2 aromatic rings. The Balaban J connectivity index is 1.80. The van der Waals surface area contributed by atoms with Crippen molar-refractivity contribution in [2.24, 2.45) is 0 Å². The van der Waals surface area contributed by atoms with Crippen molar-refractivity contribution in [3.8, 4) is 11.5 Å². The fourth-order valence-corrected chi connectivity index (χ4v) is 2.53. The first-order valence-corrected chi connectivity index (χ1v) is 8.33. The highest BCUT2D eigenvalue weighted by atomic mass is 16.5. The van der Waals surface area contributed by atoms with Gasteiger partial charge in [-0.15, -0.1) is 0 Å². The van der Waals surface area contributed by atoms with Gasteiger partial charge in [0, 0.05) is 25.2 Å². The fraction of sp³-hybridized carbons (Fsp3) is 0.350. The highest BCUT2D eigenvalue weighted by molar-refractivity contribution is 5.76. The van der Waals surface area contributed by atoms with E-state index in [0.717, 1.165) is 11.3 Å². The van der Waals surface area contributed by atoms with Crippen molar-refractivity contribution < 1.29 is 14.3 Å². The van der Waals surface area contributed by atoms with Crippen LogP contribution in [0.15, 0.2) is 36.4 Å². The predicted molar refractivity (Wildman–Crippen MR) is 100 cm³/mol. The van der Waals surface area contributed by atoms with Gasteiger partial charge in [-0.2, -0.15) is 0 Å². The number of rotatable bonds is 8. The SMILES string of the molecule is COc1ccc(CNC(=O)CCNc2cccc(C)c2C)cc1OC. The van der Waals surface area contributed by atoms with Crippen LogP contribution in [-0.4, -0.2) is 26.7 Å². The van der Waals surface area contributed by atoms with Gasteiger partial charge < -0.3 is 20.1 Å². The number of ether oxygens (including phenoxy) is 2. The minimum Gasteiger partial charge on any atom is -0.493 e. The quantitative estimate of drug-likeness (QED) is 0.771. The third-order valence-corrected chi connectivity index (χ3v) is 4.21. The zero-order valence-corrected chi connectivity index (χ0v) is 15.3. The standard InChI is InChI=1S/C20H26N2O3/c1-14-6-5-7-17(15(14)2)21-11-10-20(23)22-13-16-8-9-18(24-3)19(12-16)25-4/h5-9,12,21H,10-11,13H2,1-4H3,(H,22,23). The van der Waals surface area contributed by atoms with E-state index in [9.17, 15) is 4.79 Å². The molecule has 0 fully saturated rings. The Morgan fingerprint density at radius 2 is 1.80 bits per heavy atom. The number of carbonyl (C=O) groups excluding carboxylic acids is 1. The summed E-state index contributed by atoms with van der Waals surface area (Å²) >= 11 is 0. The van der Waals surface area contributed by atoms with Crippen LogP contribution in [0.4, 0.5) is 5.69 Å². The summed E-state index contributed by atoms with van der Waals surface area (Å²) in [6.07, 6.45) is 0.417. The Bertz CT molecular complexity index is 729. The Morgan fingerprint density at radius 3 is 2.52 bits per heavy atom. The molecule has 0 atom stereocenters. The van der Waals surface area contributed by atoms with Crippen molar-refractivity contribution in [2.45, 2.75) is 26.8 Å². The summed E-state index contributed by atoms with van der Waals surface area (Å²) in [7, 11) is 3.20. The second-order valence-electron chi connectivity index (χ2n) is 5.89. The van der Waals surface area contributed by atoms with Crippen LogP contribution in [0.2, 0.25) is 0 Å². The minimum atomic E-state index is 0.00703. The molecule has 0 radical (unpaired) electrons. The van der Waals surface area contributed by atoms with Crippen LogP contribution < -0.4 is 20.1 Å². The van der Waals surface area contributed by atoms with E-state index in [-0.39, 0.29) is 5.91 Å². The van der Waals surface area contributed by atoms with Gasteiger partial charge in [-0.05, 0) is 48.7 Å². The smallest absolute Gasteiger partial charge is 0.222 e. The molecule has 2 aromatic carbocycles. The molecule has 0 aromatic heterocycles. The molecule has 134 valence electrons. The number of hydrogen-bond donors (Lipinski definition) is 2. The van der Waals surface area contributed by atoms with Crippen molar-refractivity contribution in [3.05, 3.63) is 53.1 Å². The number of methoxy groups -OCH3 is 2. The molecule has 0 bridgehead atoms. The molecule has 0 saturated heterocycles. The van der Waals surface area contributed by atoms with Gasteiger partial charge in [0.15, 0.2) is 11.5 Å². The Kier molecular flexibility index (Phi) is 6.69. The summed E-state index contributed by atoms with van der Waals surface area (Å²) in [5.74, 6) is 1.34. The van der Waals surface area contributed by atoms with E-state index in [2.05, 4.69) is 30.5 Å². The molecule has 1 amide bonds. The van der Waals surface area contributed by atoms with Crippen LogP contribution in [0.5, 0.6) is 11.5 Å². The van der Waals surface area contributed by atoms with E-state index in [1.165, 1.54) is 11.1 Å². The summed E-state index contributed by atoms with van der Waals surface area (Å²) < 4.78 is 10.5. The first-order chi connectivity index (χ1) is 12.0. The van der Waals surface area contributed by atoms with Crippen LogP contribution in [0, 0.1) is 13.8 Å². The van der Waals surface area contributed by atoms with Gasteiger partial charge in [0.25, 0.3) is 0 Å². The van der Waals surface area contributed by atoms with Crippen molar-refractivity contribution in [3.63, 3.8) is 0 Å². The molecule has 0 aliphatic rings. The maximum atomic E-state index is 12.0. The maximum Gasteiger partial charge on any atom is 0.222 e. The van der Waals surface area contributed by atoms with Crippen molar-refractivity contribution in [1.82, 2.24) is 5.32 Å². The molecule has 0 saturated carbocycles. The lowest BCUT2D eigenvalue weighted by molar-refractivity contribution is -0.121. The summed E-state index contributed by atoms with van der Waals surface area (Å²) in [4.78, 5) is 12.0. The number of carbonyl (C=O) groups is 1. The second kappa shape index (κ2) is 8.97. The first kappa shape index (κ1) is 18.6. The maximum absolute atomic E-state index is 12.0. The van der Waals surface area contributed by atoms with Crippen molar-refractivity contribution >= 4 is 11.6 Å². The molecular formula is C20H26N2O3. The van der Waals surface area contributed by atoms with E-state index < -0.39 is 0 Å². The highest BCUT2D eigenvalue weighted by Crippen LogP contribution is 2.27. The van der Waals surface area contributed by atoms with Gasteiger partial charge in [0.05, 0.1) is 14.2 Å². The summed E-state index contributed by atoms with van der Waals surface area (Å²) in [5.41, 5.74) is 4.50. The molecule has 25 heavy (non-hydrogen) atoms. The molecular weight excluding hydrogens is 316 g/mol. The topological polar surface area (TPSA) is 59.6 Å². The average molecular weight is 342 g/mol. The monoisotopic (exact) mass is 342 g/mol.